The Balaban J connectivity index is 1.82. The predicted molar refractivity (Wildman–Crippen MR) is 81.8 cm³/mol. The van der Waals surface area contributed by atoms with Crippen molar-refractivity contribution in [2.75, 3.05) is 19.6 Å². The van der Waals surface area contributed by atoms with Crippen molar-refractivity contribution in [2.45, 2.75) is 38.3 Å². The summed E-state index contributed by atoms with van der Waals surface area (Å²) in [5.74, 6) is -0.102. The van der Waals surface area contributed by atoms with Gasteiger partial charge in [-0.1, -0.05) is 29.6 Å². The Hall–Kier alpha value is -0.910. The monoisotopic (exact) mass is 328 g/mol. The van der Waals surface area contributed by atoms with Crippen molar-refractivity contribution in [3.63, 3.8) is 0 Å². The van der Waals surface area contributed by atoms with Crippen LogP contribution >= 0.6 is 23.2 Å². The highest BCUT2D eigenvalue weighted by molar-refractivity contribution is 6.34. The normalized spacial score (nSPS) is 26.5. The molecule has 2 aliphatic heterocycles. The smallest absolute Gasteiger partial charge is 0.257 e. The molecule has 1 aromatic rings. The maximum Gasteiger partial charge on any atom is 0.257 e. The Morgan fingerprint density at radius 3 is 2.90 bits per heavy atom. The summed E-state index contributed by atoms with van der Waals surface area (Å²) in [4.78, 5) is 17.1. The van der Waals surface area contributed by atoms with E-state index in [1.807, 2.05) is 4.90 Å². The maximum atomic E-state index is 12.8. The van der Waals surface area contributed by atoms with Gasteiger partial charge < -0.3 is 4.90 Å². The summed E-state index contributed by atoms with van der Waals surface area (Å²) in [6.45, 7) is 4.88. The van der Waals surface area contributed by atoms with Gasteiger partial charge in [-0.25, -0.2) is 0 Å². The van der Waals surface area contributed by atoms with E-state index in [-0.39, 0.29) is 22.3 Å². The summed E-state index contributed by atoms with van der Waals surface area (Å²) in [5, 5.41) is 7.68. The van der Waals surface area contributed by atoms with Gasteiger partial charge >= 0.3 is 0 Å². The van der Waals surface area contributed by atoms with Gasteiger partial charge in [0.15, 0.2) is 10.3 Å². The second-order valence-electron chi connectivity index (χ2n) is 5.82. The van der Waals surface area contributed by atoms with E-state index in [4.69, 9.17) is 23.2 Å². The van der Waals surface area contributed by atoms with Crippen LogP contribution in [0.15, 0.2) is 6.07 Å². The second-order valence-corrected chi connectivity index (χ2v) is 6.57. The van der Waals surface area contributed by atoms with Gasteiger partial charge in [-0.15, -0.1) is 10.2 Å². The Morgan fingerprint density at radius 2 is 2.10 bits per heavy atom. The molecule has 1 aromatic heterocycles. The molecule has 114 valence electrons. The fourth-order valence-electron chi connectivity index (χ4n) is 3.29. The Morgan fingerprint density at radius 1 is 1.29 bits per heavy atom. The number of amides is 1. The molecule has 0 saturated carbocycles. The third-order valence-corrected chi connectivity index (χ3v) is 4.86. The number of carbonyl (C=O) groups is 1. The SMILES string of the molecule is CC1CN2CCCCC2CN1C(=O)c1cc(Cl)nnc1Cl. The molecule has 5 nitrogen and oxygen atoms in total. The predicted octanol–water partition coefficient (Wildman–Crippen LogP) is 2.48. The van der Waals surface area contributed by atoms with Crippen LogP contribution in [0.2, 0.25) is 10.3 Å². The highest BCUT2D eigenvalue weighted by atomic mass is 35.5. The van der Waals surface area contributed by atoms with Gasteiger partial charge in [-0.05, 0) is 32.4 Å². The van der Waals surface area contributed by atoms with E-state index in [0.29, 0.717) is 11.6 Å². The summed E-state index contributed by atoms with van der Waals surface area (Å²) in [6.07, 6.45) is 3.65. The summed E-state index contributed by atoms with van der Waals surface area (Å²) in [6, 6.07) is 2.12. The highest BCUT2D eigenvalue weighted by Crippen LogP contribution is 2.26. The lowest BCUT2D eigenvalue weighted by molar-refractivity contribution is 0.0151. The van der Waals surface area contributed by atoms with Gasteiger partial charge in [-0.3, -0.25) is 9.69 Å². The van der Waals surface area contributed by atoms with Crippen molar-refractivity contribution in [1.82, 2.24) is 20.0 Å². The molecule has 2 aliphatic rings. The number of carbonyl (C=O) groups excluding carboxylic acids is 1. The molecule has 2 saturated heterocycles. The summed E-state index contributed by atoms with van der Waals surface area (Å²) >= 11 is 11.8. The average molecular weight is 329 g/mol. The number of hydrogen-bond acceptors (Lipinski definition) is 4. The highest BCUT2D eigenvalue weighted by Gasteiger charge is 2.36. The molecule has 3 rings (SSSR count). The van der Waals surface area contributed by atoms with Gasteiger partial charge in [0.1, 0.15) is 0 Å². The van der Waals surface area contributed by atoms with Crippen LogP contribution in [0.5, 0.6) is 0 Å². The Kier molecular flexibility index (Phi) is 4.33. The zero-order chi connectivity index (χ0) is 15.0. The minimum absolute atomic E-state index is 0.102. The van der Waals surface area contributed by atoms with Crippen molar-refractivity contribution in [1.29, 1.82) is 0 Å². The number of hydrogen-bond donors (Lipinski definition) is 0. The molecule has 2 fully saturated rings. The number of fused-ring (bicyclic) bond motifs is 1. The summed E-state index contributed by atoms with van der Waals surface area (Å²) < 4.78 is 0. The van der Waals surface area contributed by atoms with Crippen molar-refractivity contribution in [3.8, 4) is 0 Å². The van der Waals surface area contributed by atoms with E-state index in [1.165, 1.54) is 18.9 Å². The van der Waals surface area contributed by atoms with Gasteiger partial charge in [0.2, 0.25) is 0 Å². The van der Waals surface area contributed by atoms with E-state index < -0.39 is 0 Å². The summed E-state index contributed by atoms with van der Waals surface area (Å²) in [5.41, 5.74) is 0.341. The standard InChI is InChI=1S/C14H18Cl2N4O/c1-9-7-19-5-3-2-4-10(19)8-20(9)14(21)11-6-12(15)17-18-13(11)16/h6,9-10H,2-5,7-8H2,1H3. The zero-order valence-electron chi connectivity index (χ0n) is 11.9. The largest absolute Gasteiger partial charge is 0.333 e. The van der Waals surface area contributed by atoms with Gasteiger partial charge in [-0.2, -0.15) is 0 Å². The molecule has 1 amide bonds. The van der Waals surface area contributed by atoms with Crippen molar-refractivity contribution >= 4 is 29.1 Å². The first-order valence-corrected chi connectivity index (χ1v) is 8.05. The van der Waals surface area contributed by atoms with Crippen LogP contribution in [0.4, 0.5) is 0 Å². The van der Waals surface area contributed by atoms with E-state index >= 15 is 0 Å². The minimum atomic E-state index is -0.102. The molecular weight excluding hydrogens is 311 g/mol. The Labute approximate surface area is 134 Å². The maximum absolute atomic E-state index is 12.8. The molecule has 3 heterocycles. The molecule has 0 aromatic carbocycles. The van der Waals surface area contributed by atoms with Crippen molar-refractivity contribution in [3.05, 3.63) is 21.9 Å². The first kappa shape index (κ1) is 15.0. The van der Waals surface area contributed by atoms with Crippen LogP contribution in [-0.4, -0.2) is 57.6 Å². The lowest BCUT2D eigenvalue weighted by Gasteiger charge is -2.47. The van der Waals surface area contributed by atoms with Crippen molar-refractivity contribution < 1.29 is 4.79 Å². The first-order chi connectivity index (χ1) is 10.1. The lowest BCUT2D eigenvalue weighted by Crippen LogP contribution is -2.60. The number of aromatic nitrogens is 2. The molecular formula is C14H18Cl2N4O. The van der Waals surface area contributed by atoms with E-state index in [2.05, 4.69) is 22.0 Å². The lowest BCUT2D eigenvalue weighted by atomic mass is 9.96. The molecule has 0 bridgehead atoms. The summed E-state index contributed by atoms with van der Waals surface area (Å²) in [7, 11) is 0. The van der Waals surface area contributed by atoms with Crippen LogP contribution in [0.1, 0.15) is 36.5 Å². The Bertz CT molecular complexity index is 554. The number of nitrogens with zero attached hydrogens (tertiary/aromatic N) is 4. The molecule has 0 N–H and O–H groups in total. The molecule has 7 heteroatoms. The minimum Gasteiger partial charge on any atom is -0.333 e. The topological polar surface area (TPSA) is 49.3 Å². The average Bonchev–Trinajstić information content (AvgIpc) is 2.48. The zero-order valence-corrected chi connectivity index (χ0v) is 13.4. The molecule has 0 aliphatic carbocycles. The fraction of sp³-hybridized carbons (Fsp3) is 0.643. The molecule has 2 atom stereocenters. The number of halogens is 2. The molecule has 0 spiro atoms. The third kappa shape index (κ3) is 3.00. The van der Waals surface area contributed by atoms with E-state index in [9.17, 15) is 4.79 Å². The van der Waals surface area contributed by atoms with Gasteiger partial charge in [0.05, 0.1) is 5.56 Å². The van der Waals surface area contributed by atoms with Gasteiger partial charge in [0, 0.05) is 25.2 Å². The van der Waals surface area contributed by atoms with Crippen LogP contribution < -0.4 is 0 Å². The van der Waals surface area contributed by atoms with Crippen LogP contribution in [0.25, 0.3) is 0 Å². The number of piperazine rings is 1. The first-order valence-electron chi connectivity index (χ1n) is 7.30. The van der Waals surface area contributed by atoms with Crippen LogP contribution in [0.3, 0.4) is 0 Å². The molecule has 21 heavy (non-hydrogen) atoms. The number of rotatable bonds is 1. The number of piperidine rings is 1. The van der Waals surface area contributed by atoms with E-state index in [0.717, 1.165) is 26.1 Å². The van der Waals surface area contributed by atoms with Crippen molar-refractivity contribution in [2.24, 2.45) is 0 Å². The second kappa shape index (κ2) is 6.07. The van der Waals surface area contributed by atoms with Crippen LogP contribution in [-0.2, 0) is 0 Å². The molecule has 0 radical (unpaired) electrons. The molecule has 2 unspecified atom stereocenters. The van der Waals surface area contributed by atoms with E-state index in [1.54, 1.807) is 0 Å². The van der Waals surface area contributed by atoms with Gasteiger partial charge in [0.25, 0.3) is 5.91 Å². The third-order valence-electron chi connectivity index (χ3n) is 4.40. The van der Waals surface area contributed by atoms with Crippen LogP contribution in [0, 0.1) is 0 Å². The quantitative estimate of drug-likeness (QED) is 0.794. The fourth-order valence-corrected chi connectivity index (χ4v) is 3.61.